The van der Waals surface area contributed by atoms with Gasteiger partial charge in [0.2, 0.25) is 5.91 Å². The smallest absolute Gasteiger partial charge is 0.224 e. The highest BCUT2D eigenvalue weighted by atomic mass is 16.1. The quantitative estimate of drug-likeness (QED) is 0.826. The van der Waals surface area contributed by atoms with Crippen molar-refractivity contribution in [1.29, 1.82) is 0 Å². The Bertz CT molecular complexity index is 440. The Kier molecular flexibility index (Phi) is 2.94. The summed E-state index contributed by atoms with van der Waals surface area (Å²) in [7, 11) is 0. The van der Waals surface area contributed by atoms with Crippen LogP contribution in [0.5, 0.6) is 0 Å². The summed E-state index contributed by atoms with van der Waals surface area (Å²) in [5.74, 6) is 2.00. The number of nitrogens with one attached hydrogen (secondary N) is 1. The minimum Gasteiger partial charge on any atom is -0.383 e. The van der Waals surface area contributed by atoms with Crippen LogP contribution < -0.4 is 11.1 Å². The molecule has 0 aliphatic heterocycles. The molecule has 0 aromatic carbocycles. The van der Waals surface area contributed by atoms with Crippen molar-refractivity contribution in [3.05, 3.63) is 23.9 Å². The summed E-state index contributed by atoms with van der Waals surface area (Å²) in [6.07, 6.45) is 7.09. The average molecular weight is 245 g/mol. The molecule has 0 saturated heterocycles. The maximum atomic E-state index is 12.0. The molecule has 0 radical (unpaired) electrons. The Morgan fingerprint density at radius 3 is 2.61 bits per heavy atom. The van der Waals surface area contributed by atoms with Crippen LogP contribution in [-0.2, 0) is 11.2 Å². The summed E-state index contributed by atoms with van der Waals surface area (Å²) < 4.78 is 0. The van der Waals surface area contributed by atoms with Gasteiger partial charge < -0.3 is 11.1 Å². The maximum absolute atomic E-state index is 12.0. The second-order valence-electron chi connectivity index (χ2n) is 5.49. The average Bonchev–Trinajstić information content (AvgIpc) is 3.22. The molecule has 0 spiro atoms. The number of anilines is 1. The second-order valence-corrected chi connectivity index (χ2v) is 5.49. The topological polar surface area (TPSA) is 68.0 Å². The van der Waals surface area contributed by atoms with Crippen molar-refractivity contribution in [3.8, 4) is 0 Å². The predicted octanol–water partition coefficient (Wildman–Crippen LogP) is 1.51. The first kappa shape index (κ1) is 11.5. The molecule has 4 nitrogen and oxygen atoms in total. The number of hydrogen-bond donors (Lipinski definition) is 2. The van der Waals surface area contributed by atoms with Crippen LogP contribution in [-0.4, -0.2) is 16.9 Å². The fourth-order valence-corrected chi connectivity index (χ4v) is 2.54. The van der Waals surface area contributed by atoms with E-state index in [2.05, 4.69) is 10.3 Å². The van der Waals surface area contributed by atoms with Crippen LogP contribution >= 0.6 is 0 Å². The van der Waals surface area contributed by atoms with Gasteiger partial charge in [0.25, 0.3) is 0 Å². The van der Waals surface area contributed by atoms with Gasteiger partial charge in [-0.05, 0) is 43.6 Å². The molecule has 1 aromatic rings. The number of carbonyl (C=O) groups is 1. The van der Waals surface area contributed by atoms with E-state index in [4.69, 9.17) is 5.73 Å². The van der Waals surface area contributed by atoms with E-state index in [1.54, 1.807) is 6.20 Å². The third kappa shape index (κ3) is 2.63. The Morgan fingerprint density at radius 2 is 2.06 bits per heavy atom. The number of nitrogens with zero attached hydrogens (tertiary/aromatic N) is 1. The van der Waals surface area contributed by atoms with Crippen LogP contribution in [0.25, 0.3) is 0 Å². The molecule has 0 atom stereocenters. The summed E-state index contributed by atoms with van der Waals surface area (Å²) in [6.45, 7) is 0. The van der Waals surface area contributed by atoms with Crippen LogP contribution in [0.2, 0.25) is 0 Å². The molecule has 2 aliphatic carbocycles. The summed E-state index contributed by atoms with van der Waals surface area (Å²) in [4.78, 5) is 16.0. The molecular weight excluding hydrogens is 226 g/mol. The molecule has 1 heterocycles. The molecule has 0 bridgehead atoms. The van der Waals surface area contributed by atoms with Gasteiger partial charge in [-0.25, -0.2) is 4.98 Å². The highest BCUT2D eigenvalue weighted by molar-refractivity contribution is 5.80. The van der Waals surface area contributed by atoms with Crippen molar-refractivity contribution in [1.82, 2.24) is 10.3 Å². The zero-order valence-corrected chi connectivity index (χ0v) is 10.4. The Balaban J connectivity index is 1.59. The van der Waals surface area contributed by atoms with E-state index in [1.807, 2.05) is 12.1 Å². The largest absolute Gasteiger partial charge is 0.383 e. The number of pyridine rings is 1. The normalized spacial score (nSPS) is 18.9. The lowest BCUT2D eigenvalue weighted by atomic mass is 10.1. The Labute approximate surface area is 107 Å². The third-order valence-corrected chi connectivity index (χ3v) is 3.86. The van der Waals surface area contributed by atoms with Crippen molar-refractivity contribution in [3.63, 3.8) is 0 Å². The van der Waals surface area contributed by atoms with Crippen LogP contribution in [0, 0.1) is 11.8 Å². The van der Waals surface area contributed by atoms with E-state index in [0.717, 1.165) is 17.4 Å². The standard InChI is InChI=1S/C14H19N3O/c15-14-11(2-1-7-16-14)8-12(18)17-13(9-3-4-9)10-5-6-10/h1-2,7,9-10,13H,3-6,8H2,(H2,15,16)(H,17,18). The monoisotopic (exact) mass is 245 g/mol. The van der Waals surface area contributed by atoms with Gasteiger partial charge in [0, 0.05) is 17.8 Å². The van der Waals surface area contributed by atoms with E-state index in [-0.39, 0.29) is 5.91 Å². The predicted molar refractivity (Wildman–Crippen MR) is 69.7 cm³/mol. The summed E-state index contributed by atoms with van der Waals surface area (Å²) in [5.41, 5.74) is 6.57. The number of hydrogen-bond acceptors (Lipinski definition) is 3. The molecule has 0 unspecified atom stereocenters. The van der Waals surface area contributed by atoms with Gasteiger partial charge in [-0.15, -0.1) is 0 Å². The molecule has 96 valence electrons. The fourth-order valence-electron chi connectivity index (χ4n) is 2.54. The molecule has 2 saturated carbocycles. The van der Waals surface area contributed by atoms with Crippen molar-refractivity contribution < 1.29 is 4.79 Å². The van der Waals surface area contributed by atoms with E-state index in [9.17, 15) is 4.79 Å². The number of nitrogens with two attached hydrogens (primary N) is 1. The van der Waals surface area contributed by atoms with Gasteiger partial charge in [-0.3, -0.25) is 4.79 Å². The first-order valence-corrected chi connectivity index (χ1v) is 6.73. The van der Waals surface area contributed by atoms with Crippen molar-refractivity contribution in [2.24, 2.45) is 11.8 Å². The number of amides is 1. The minimum absolute atomic E-state index is 0.0819. The first-order valence-electron chi connectivity index (χ1n) is 6.73. The van der Waals surface area contributed by atoms with Crippen molar-refractivity contribution in [2.45, 2.75) is 38.1 Å². The molecule has 3 rings (SSSR count). The summed E-state index contributed by atoms with van der Waals surface area (Å²) in [6, 6.07) is 4.10. The zero-order valence-electron chi connectivity index (χ0n) is 10.4. The fraction of sp³-hybridized carbons (Fsp3) is 0.571. The van der Waals surface area contributed by atoms with E-state index < -0.39 is 0 Å². The van der Waals surface area contributed by atoms with Gasteiger partial charge in [-0.1, -0.05) is 6.07 Å². The van der Waals surface area contributed by atoms with E-state index in [0.29, 0.717) is 18.3 Å². The van der Waals surface area contributed by atoms with Crippen molar-refractivity contribution >= 4 is 11.7 Å². The molecular formula is C14H19N3O. The molecule has 1 amide bonds. The van der Waals surface area contributed by atoms with Gasteiger partial charge in [0.05, 0.1) is 6.42 Å². The number of aromatic nitrogens is 1. The van der Waals surface area contributed by atoms with E-state index >= 15 is 0 Å². The van der Waals surface area contributed by atoms with Crippen LogP contribution in [0.15, 0.2) is 18.3 Å². The van der Waals surface area contributed by atoms with Crippen molar-refractivity contribution in [2.75, 3.05) is 5.73 Å². The number of nitrogen functional groups attached to an aromatic ring is 1. The SMILES string of the molecule is Nc1ncccc1CC(=O)NC(C1CC1)C1CC1. The maximum Gasteiger partial charge on any atom is 0.224 e. The molecule has 3 N–H and O–H groups in total. The number of rotatable bonds is 5. The molecule has 2 fully saturated rings. The highest BCUT2D eigenvalue weighted by Gasteiger charge is 2.42. The molecule has 1 aromatic heterocycles. The molecule has 2 aliphatic rings. The highest BCUT2D eigenvalue weighted by Crippen LogP contribution is 2.44. The van der Waals surface area contributed by atoms with Gasteiger partial charge >= 0.3 is 0 Å². The summed E-state index contributed by atoms with van der Waals surface area (Å²) >= 11 is 0. The molecule has 18 heavy (non-hydrogen) atoms. The summed E-state index contributed by atoms with van der Waals surface area (Å²) in [5, 5.41) is 3.19. The Morgan fingerprint density at radius 1 is 1.39 bits per heavy atom. The lowest BCUT2D eigenvalue weighted by Gasteiger charge is -2.17. The van der Waals surface area contributed by atoms with Gasteiger partial charge in [-0.2, -0.15) is 0 Å². The minimum atomic E-state index is 0.0819. The van der Waals surface area contributed by atoms with Crippen LogP contribution in [0.3, 0.4) is 0 Å². The molecule has 4 heteroatoms. The van der Waals surface area contributed by atoms with Gasteiger partial charge in [0.15, 0.2) is 0 Å². The zero-order chi connectivity index (χ0) is 12.5. The second kappa shape index (κ2) is 4.59. The number of carbonyl (C=O) groups excluding carboxylic acids is 1. The van der Waals surface area contributed by atoms with Crippen LogP contribution in [0.1, 0.15) is 31.2 Å². The lowest BCUT2D eigenvalue weighted by molar-refractivity contribution is -0.121. The Hall–Kier alpha value is -1.58. The third-order valence-electron chi connectivity index (χ3n) is 3.86. The van der Waals surface area contributed by atoms with Crippen LogP contribution in [0.4, 0.5) is 5.82 Å². The first-order chi connectivity index (χ1) is 8.74. The lowest BCUT2D eigenvalue weighted by Crippen LogP contribution is -2.39. The van der Waals surface area contributed by atoms with Gasteiger partial charge in [0.1, 0.15) is 5.82 Å². The van der Waals surface area contributed by atoms with E-state index in [1.165, 1.54) is 25.7 Å².